The smallest absolute Gasteiger partial charge is 0.308 e. The van der Waals surface area contributed by atoms with E-state index in [0.717, 1.165) is 24.7 Å². The number of carbonyl (C=O) groups is 1. The third-order valence-electron chi connectivity index (χ3n) is 5.74. The van der Waals surface area contributed by atoms with Crippen LogP contribution in [0.15, 0.2) is 0 Å². The number of hydrogen-bond acceptors (Lipinski definition) is 2. The Bertz CT molecular complexity index is 305. The van der Waals surface area contributed by atoms with Gasteiger partial charge in [-0.3, -0.25) is 4.79 Å². The molecule has 0 radical (unpaired) electrons. The minimum Gasteiger partial charge on any atom is -0.462 e. The van der Waals surface area contributed by atoms with Gasteiger partial charge < -0.3 is 4.74 Å². The molecule has 2 nitrogen and oxygen atoms in total. The summed E-state index contributed by atoms with van der Waals surface area (Å²) in [4.78, 5) is 11.7. The van der Waals surface area contributed by atoms with Gasteiger partial charge in [0.25, 0.3) is 0 Å². The van der Waals surface area contributed by atoms with E-state index < -0.39 is 0 Å². The first kappa shape index (κ1) is 15.9. The largest absolute Gasteiger partial charge is 0.462 e. The topological polar surface area (TPSA) is 26.3 Å². The van der Waals surface area contributed by atoms with Crippen LogP contribution in [0.3, 0.4) is 0 Å². The van der Waals surface area contributed by atoms with E-state index in [1.807, 2.05) is 6.92 Å². The highest BCUT2D eigenvalue weighted by atomic mass is 16.5. The standard InChI is InChI=1S/C18H32O2/c1-4-5-6-15-8-10-16(11-9-15)14(3)17-12-7-13(2)18(19)20-17/h13-17H,4-12H2,1-3H3. The van der Waals surface area contributed by atoms with Crippen LogP contribution >= 0.6 is 0 Å². The Balaban J connectivity index is 1.77. The summed E-state index contributed by atoms with van der Waals surface area (Å²) in [5, 5.41) is 0. The van der Waals surface area contributed by atoms with Gasteiger partial charge >= 0.3 is 5.97 Å². The Morgan fingerprint density at radius 2 is 1.85 bits per heavy atom. The van der Waals surface area contributed by atoms with Gasteiger partial charge in [0, 0.05) is 0 Å². The molecule has 0 amide bonds. The maximum absolute atomic E-state index is 11.7. The lowest BCUT2D eigenvalue weighted by Crippen LogP contribution is -2.37. The van der Waals surface area contributed by atoms with Gasteiger partial charge in [-0.25, -0.2) is 0 Å². The molecule has 0 aromatic heterocycles. The summed E-state index contributed by atoms with van der Waals surface area (Å²) in [6.07, 6.45) is 11.9. The van der Waals surface area contributed by atoms with E-state index in [0.29, 0.717) is 5.92 Å². The highest BCUT2D eigenvalue weighted by Gasteiger charge is 2.35. The number of esters is 1. The molecule has 3 unspecified atom stereocenters. The van der Waals surface area contributed by atoms with E-state index in [-0.39, 0.29) is 18.0 Å². The third-order valence-corrected chi connectivity index (χ3v) is 5.74. The van der Waals surface area contributed by atoms with Gasteiger partial charge in [-0.2, -0.15) is 0 Å². The Labute approximate surface area is 124 Å². The SMILES string of the molecule is CCCCC1CCC(C(C)C2CCC(C)C(=O)O2)CC1. The first-order chi connectivity index (χ1) is 9.61. The minimum atomic E-state index is 0.0322. The summed E-state index contributed by atoms with van der Waals surface area (Å²) in [6, 6.07) is 0. The summed E-state index contributed by atoms with van der Waals surface area (Å²) in [5.41, 5.74) is 0. The average molecular weight is 280 g/mol. The van der Waals surface area contributed by atoms with Crippen molar-refractivity contribution in [1.82, 2.24) is 0 Å². The van der Waals surface area contributed by atoms with Crippen LogP contribution in [0.25, 0.3) is 0 Å². The highest BCUT2D eigenvalue weighted by molar-refractivity contribution is 5.72. The van der Waals surface area contributed by atoms with Crippen LogP contribution in [-0.4, -0.2) is 12.1 Å². The van der Waals surface area contributed by atoms with Gasteiger partial charge in [0.1, 0.15) is 6.10 Å². The van der Waals surface area contributed by atoms with E-state index in [1.54, 1.807) is 0 Å². The number of rotatable bonds is 5. The molecular weight excluding hydrogens is 248 g/mol. The fourth-order valence-electron chi connectivity index (χ4n) is 4.03. The van der Waals surface area contributed by atoms with E-state index in [4.69, 9.17) is 4.74 Å². The molecule has 3 atom stereocenters. The summed E-state index contributed by atoms with van der Waals surface area (Å²) >= 11 is 0. The molecule has 1 aliphatic heterocycles. The Hall–Kier alpha value is -0.530. The predicted octanol–water partition coefficient (Wildman–Crippen LogP) is 4.96. The molecule has 2 fully saturated rings. The van der Waals surface area contributed by atoms with Crippen LogP contribution in [-0.2, 0) is 9.53 Å². The van der Waals surface area contributed by atoms with E-state index in [9.17, 15) is 4.79 Å². The minimum absolute atomic E-state index is 0.0322. The van der Waals surface area contributed by atoms with Crippen LogP contribution in [0.4, 0.5) is 0 Å². The quantitative estimate of drug-likeness (QED) is 0.665. The fraction of sp³-hybridized carbons (Fsp3) is 0.944. The average Bonchev–Trinajstić information content (AvgIpc) is 2.48. The normalized spacial score (nSPS) is 36.5. The van der Waals surface area contributed by atoms with Gasteiger partial charge in [0.05, 0.1) is 5.92 Å². The van der Waals surface area contributed by atoms with Crippen LogP contribution in [0, 0.1) is 23.7 Å². The van der Waals surface area contributed by atoms with E-state index in [2.05, 4.69) is 13.8 Å². The van der Waals surface area contributed by atoms with Crippen molar-refractivity contribution in [3.8, 4) is 0 Å². The maximum atomic E-state index is 11.7. The molecule has 1 aliphatic carbocycles. The van der Waals surface area contributed by atoms with Crippen molar-refractivity contribution in [2.45, 2.75) is 84.7 Å². The summed E-state index contributed by atoms with van der Waals surface area (Å²) < 4.78 is 5.67. The number of ether oxygens (including phenoxy) is 1. The molecule has 1 saturated heterocycles. The monoisotopic (exact) mass is 280 g/mol. The molecule has 0 aromatic rings. The lowest BCUT2D eigenvalue weighted by molar-refractivity contribution is -0.164. The van der Waals surface area contributed by atoms with E-state index >= 15 is 0 Å². The zero-order valence-electron chi connectivity index (χ0n) is 13.6. The van der Waals surface area contributed by atoms with Crippen molar-refractivity contribution in [2.24, 2.45) is 23.7 Å². The van der Waals surface area contributed by atoms with Gasteiger partial charge in [-0.05, 0) is 43.4 Å². The molecule has 1 heterocycles. The summed E-state index contributed by atoms with van der Waals surface area (Å²) in [5.74, 6) is 2.44. The van der Waals surface area contributed by atoms with Crippen molar-refractivity contribution < 1.29 is 9.53 Å². The van der Waals surface area contributed by atoms with Crippen molar-refractivity contribution in [2.75, 3.05) is 0 Å². The molecule has 1 saturated carbocycles. The number of unbranched alkanes of at least 4 members (excludes halogenated alkanes) is 1. The molecule has 20 heavy (non-hydrogen) atoms. The number of hydrogen-bond donors (Lipinski definition) is 0. The van der Waals surface area contributed by atoms with Gasteiger partial charge in [0.2, 0.25) is 0 Å². The predicted molar refractivity (Wildman–Crippen MR) is 82.4 cm³/mol. The van der Waals surface area contributed by atoms with Gasteiger partial charge in [0.15, 0.2) is 0 Å². The van der Waals surface area contributed by atoms with E-state index in [1.165, 1.54) is 44.9 Å². The van der Waals surface area contributed by atoms with Crippen LogP contribution in [0.1, 0.15) is 78.6 Å². The number of carbonyl (C=O) groups excluding carboxylic acids is 1. The van der Waals surface area contributed by atoms with Crippen molar-refractivity contribution in [3.05, 3.63) is 0 Å². The Morgan fingerprint density at radius 3 is 2.45 bits per heavy atom. The zero-order valence-corrected chi connectivity index (χ0v) is 13.6. The summed E-state index contributed by atoms with van der Waals surface area (Å²) in [6.45, 7) is 6.58. The van der Waals surface area contributed by atoms with Crippen LogP contribution in [0.5, 0.6) is 0 Å². The lowest BCUT2D eigenvalue weighted by atomic mass is 9.72. The molecule has 0 bridgehead atoms. The molecule has 2 heteroatoms. The van der Waals surface area contributed by atoms with Gasteiger partial charge in [-0.15, -0.1) is 0 Å². The second-order valence-electron chi connectivity index (χ2n) is 7.24. The second-order valence-corrected chi connectivity index (χ2v) is 7.24. The van der Waals surface area contributed by atoms with Crippen LogP contribution < -0.4 is 0 Å². The Morgan fingerprint density at radius 1 is 1.15 bits per heavy atom. The summed E-state index contributed by atoms with van der Waals surface area (Å²) in [7, 11) is 0. The second kappa shape index (κ2) is 7.47. The van der Waals surface area contributed by atoms with Crippen molar-refractivity contribution in [3.63, 3.8) is 0 Å². The molecule has 2 aliphatic rings. The first-order valence-electron chi connectivity index (χ1n) is 8.82. The Kier molecular flexibility index (Phi) is 5.92. The molecule has 2 rings (SSSR count). The highest BCUT2D eigenvalue weighted by Crippen LogP contribution is 2.39. The number of cyclic esters (lactones) is 1. The van der Waals surface area contributed by atoms with Gasteiger partial charge in [-0.1, -0.05) is 52.9 Å². The van der Waals surface area contributed by atoms with Crippen molar-refractivity contribution in [1.29, 1.82) is 0 Å². The van der Waals surface area contributed by atoms with Crippen LogP contribution in [0.2, 0.25) is 0 Å². The zero-order chi connectivity index (χ0) is 14.5. The third kappa shape index (κ3) is 3.99. The lowest BCUT2D eigenvalue weighted by Gasteiger charge is -2.38. The molecule has 0 aromatic carbocycles. The fourth-order valence-corrected chi connectivity index (χ4v) is 4.03. The van der Waals surface area contributed by atoms with Crippen molar-refractivity contribution >= 4 is 5.97 Å². The first-order valence-corrected chi connectivity index (χ1v) is 8.82. The molecule has 0 N–H and O–H groups in total. The molecule has 0 spiro atoms. The maximum Gasteiger partial charge on any atom is 0.308 e. The molecule has 116 valence electrons. The molecular formula is C18H32O2.